The number of nitrogens with zero attached hydrogens (tertiary/aromatic N) is 2. The van der Waals surface area contributed by atoms with E-state index < -0.39 is 0 Å². The Kier molecular flexibility index (Phi) is 7.66. The van der Waals surface area contributed by atoms with Crippen LogP contribution in [-0.4, -0.2) is 55.5 Å². The normalized spacial score (nSPS) is 11.6. The molecule has 0 heterocycles. The first-order chi connectivity index (χ1) is 9.17. The summed E-state index contributed by atoms with van der Waals surface area (Å²) >= 11 is 3.36. The van der Waals surface area contributed by atoms with E-state index in [1.165, 1.54) is 0 Å². The van der Waals surface area contributed by atoms with E-state index in [2.05, 4.69) is 25.8 Å². The molecule has 0 spiro atoms. The third-order valence-electron chi connectivity index (χ3n) is 2.66. The van der Waals surface area contributed by atoms with E-state index in [4.69, 9.17) is 11.5 Å². The lowest BCUT2D eigenvalue weighted by Crippen LogP contribution is -2.35. The van der Waals surface area contributed by atoms with Gasteiger partial charge < -0.3 is 16.6 Å². The smallest absolute Gasteiger partial charge is 0.124 e. The van der Waals surface area contributed by atoms with Crippen LogP contribution < -0.4 is 11.5 Å². The van der Waals surface area contributed by atoms with Gasteiger partial charge in [0.15, 0.2) is 0 Å². The second kappa shape index (κ2) is 9.03. The third-order valence-corrected chi connectivity index (χ3v) is 3.15. The van der Waals surface area contributed by atoms with Crippen LogP contribution in [0.4, 0.5) is 0 Å². The van der Waals surface area contributed by atoms with Gasteiger partial charge in [-0.25, -0.2) is 0 Å². The zero-order valence-corrected chi connectivity index (χ0v) is 12.5. The summed E-state index contributed by atoms with van der Waals surface area (Å²) in [5, 5.41) is 9.66. The minimum absolute atomic E-state index is 0.229. The summed E-state index contributed by atoms with van der Waals surface area (Å²) in [6.45, 7) is 4.38. The molecule has 0 aliphatic rings. The molecule has 5 N–H and O–H groups in total. The molecule has 0 fully saturated rings. The van der Waals surface area contributed by atoms with Gasteiger partial charge in [-0.05, 0) is 18.2 Å². The predicted molar refractivity (Wildman–Crippen MR) is 82.8 cm³/mol. The number of aliphatic imine (C=N–C) groups is 1. The molecule has 0 aromatic heterocycles. The maximum atomic E-state index is 9.66. The Hall–Kier alpha value is -0.950. The molecule has 106 valence electrons. The Morgan fingerprint density at radius 2 is 1.89 bits per heavy atom. The highest BCUT2D eigenvalue weighted by Gasteiger charge is 2.01. The summed E-state index contributed by atoms with van der Waals surface area (Å²) in [7, 11) is 0. The fraction of sp³-hybridized carbons (Fsp3) is 0.462. The molecule has 0 amide bonds. The predicted octanol–water partition coefficient (Wildman–Crippen LogP) is 0.793. The molecule has 0 radical (unpaired) electrons. The number of hydrogen-bond donors (Lipinski definition) is 3. The maximum Gasteiger partial charge on any atom is 0.124 e. The van der Waals surface area contributed by atoms with Crippen LogP contribution in [0.1, 0.15) is 5.56 Å². The molecule has 0 unspecified atom stereocenters. The van der Waals surface area contributed by atoms with E-state index in [-0.39, 0.29) is 5.75 Å². The minimum atomic E-state index is 0.229. The van der Waals surface area contributed by atoms with E-state index in [0.29, 0.717) is 25.2 Å². The average Bonchev–Trinajstić information content (AvgIpc) is 2.39. The Bertz CT molecular complexity index is 406. The van der Waals surface area contributed by atoms with Crippen molar-refractivity contribution in [2.45, 2.75) is 0 Å². The quantitative estimate of drug-likeness (QED) is 0.616. The number of rotatable bonds is 8. The van der Waals surface area contributed by atoms with Gasteiger partial charge in [0.2, 0.25) is 0 Å². The van der Waals surface area contributed by atoms with Gasteiger partial charge in [0.05, 0.1) is 6.54 Å². The molecule has 5 nitrogen and oxygen atoms in total. The average molecular weight is 329 g/mol. The van der Waals surface area contributed by atoms with Crippen molar-refractivity contribution in [3.8, 4) is 5.75 Å². The first-order valence-electron chi connectivity index (χ1n) is 6.28. The van der Waals surface area contributed by atoms with E-state index in [9.17, 15) is 5.11 Å². The summed E-state index contributed by atoms with van der Waals surface area (Å²) in [5.41, 5.74) is 11.8. The van der Waals surface area contributed by atoms with Gasteiger partial charge in [-0.15, -0.1) is 0 Å². The summed E-state index contributed by atoms with van der Waals surface area (Å²) in [5.74, 6) is 0.229. The summed E-state index contributed by atoms with van der Waals surface area (Å²) < 4.78 is 0.916. The minimum Gasteiger partial charge on any atom is -0.507 e. The number of phenolic OH excluding ortho intramolecular Hbond substituents is 1. The molecule has 19 heavy (non-hydrogen) atoms. The highest BCUT2D eigenvalue weighted by Crippen LogP contribution is 2.19. The molecule has 1 rings (SSSR count). The molecule has 0 saturated heterocycles. The molecular weight excluding hydrogens is 308 g/mol. The number of benzene rings is 1. The summed E-state index contributed by atoms with van der Waals surface area (Å²) in [6, 6.07) is 5.26. The van der Waals surface area contributed by atoms with Gasteiger partial charge in [0, 0.05) is 49.0 Å². The van der Waals surface area contributed by atoms with Crippen LogP contribution in [0.25, 0.3) is 0 Å². The molecular formula is C13H21BrN4O. The highest BCUT2D eigenvalue weighted by molar-refractivity contribution is 9.10. The molecule has 0 aliphatic carbocycles. The van der Waals surface area contributed by atoms with E-state index >= 15 is 0 Å². The summed E-state index contributed by atoms with van der Waals surface area (Å²) in [6.07, 6.45) is 1.68. The van der Waals surface area contributed by atoms with Crippen LogP contribution in [-0.2, 0) is 0 Å². The van der Waals surface area contributed by atoms with E-state index in [1.54, 1.807) is 18.3 Å². The van der Waals surface area contributed by atoms with Crippen molar-refractivity contribution in [3.05, 3.63) is 28.2 Å². The fourth-order valence-electron chi connectivity index (χ4n) is 1.69. The Morgan fingerprint density at radius 3 is 2.53 bits per heavy atom. The van der Waals surface area contributed by atoms with Crippen molar-refractivity contribution >= 4 is 22.1 Å². The maximum absolute atomic E-state index is 9.66. The number of nitrogens with two attached hydrogens (primary N) is 2. The van der Waals surface area contributed by atoms with Crippen molar-refractivity contribution in [2.75, 3.05) is 39.3 Å². The van der Waals surface area contributed by atoms with Gasteiger partial charge in [0.25, 0.3) is 0 Å². The fourth-order valence-corrected chi connectivity index (χ4v) is 2.07. The Labute approximate surface area is 122 Å². The largest absolute Gasteiger partial charge is 0.507 e. The van der Waals surface area contributed by atoms with Crippen molar-refractivity contribution in [1.82, 2.24) is 4.90 Å². The van der Waals surface area contributed by atoms with Crippen LogP contribution in [0, 0.1) is 0 Å². The second-order valence-electron chi connectivity index (χ2n) is 4.16. The lowest BCUT2D eigenvalue weighted by Gasteiger charge is -2.19. The van der Waals surface area contributed by atoms with Crippen molar-refractivity contribution in [3.63, 3.8) is 0 Å². The molecule has 1 aromatic rings. The van der Waals surface area contributed by atoms with Crippen LogP contribution in [0.3, 0.4) is 0 Å². The van der Waals surface area contributed by atoms with Crippen LogP contribution >= 0.6 is 15.9 Å². The highest BCUT2D eigenvalue weighted by atomic mass is 79.9. The third kappa shape index (κ3) is 6.15. The first-order valence-corrected chi connectivity index (χ1v) is 7.07. The van der Waals surface area contributed by atoms with Crippen molar-refractivity contribution < 1.29 is 5.11 Å². The van der Waals surface area contributed by atoms with Gasteiger partial charge in [-0.1, -0.05) is 15.9 Å². The lowest BCUT2D eigenvalue weighted by molar-refractivity contribution is 0.297. The van der Waals surface area contributed by atoms with Gasteiger partial charge in [-0.2, -0.15) is 0 Å². The standard InChI is InChI=1S/C13H21BrN4O/c14-12-1-2-13(19)11(9-12)10-17-5-8-18(6-3-15)7-4-16/h1-2,9-10,19H,3-8,15-16H2. The molecule has 0 atom stereocenters. The second-order valence-corrected chi connectivity index (χ2v) is 5.07. The van der Waals surface area contributed by atoms with E-state index in [1.807, 2.05) is 6.07 Å². The molecule has 0 bridgehead atoms. The monoisotopic (exact) mass is 328 g/mol. The first kappa shape index (κ1) is 16.1. The number of halogens is 1. The number of hydrogen-bond acceptors (Lipinski definition) is 5. The molecule has 0 aliphatic heterocycles. The van der Waals surface area contributed by atoms with Crippen LogP contribution in [0.2, 0.25) is 0 Å². The number of aromatic hydroxyl groups is 1. The molecule has 0 saturated carbocycles. The zero-order valence-electron chi connectivity index (χ0n) is 10.9. The van der Waals surface area contributed by atoms with Crippen LogP contribution in [0.5, 0.6) is 5.75 Å². The Morgan fingerprint density at radius 1 is 1.21 bits per heavy atom. The van der Waals surface area contributed by atoms with Gasteiger partial charge >= 0.3 is 0 Å². The van der Waals surface area contributed by atoms with Gasteiger partial charge in [-0.3, -0.25) is 9.89 Å². The van der Waals surface area contributed by atoms with Crippen LogP contribution in [0.15, 0.2) is 27.7 Å². The Balaban J connectivity index is 2.46. The molecule has 6 heteroatoms. The van der Waals surface area contributed by atoms with Gasteiger partial charge in [0.1, 0.15) is 5.75 Å². The van der Waals surface area contributed by atoms with Crippen molar-refractivity contribution in [2.24, 2.45) is 16.5 Å². The SMILES string of the molecule is NCCN(CCN)CCN=Cc1cc(Br)ccc1O. The topological polar surface area (TPSA) is 87.9 Å². The zero-order chi connectivity index (χ0) is 14.1. The lowest BCUT2D eigenvalue weighted by atomic mass is 10.2. The molecule has 1 aromatic carbocycles. The van der Waals surface area contributed by atoms with E-state index in [0.717, 1.165) is 24.1 Å². The summed E-state index contributed by atoms with van der Waals surface area (Å²) in [4.78, 5) is 6.50. The van der Waals surface area contributed by atoms with Crippen molar-refractivity contribution in [1.29, 1.82) is 0 Å². The number of phenols is 1.